The van der Waals surface area contributed by atoms with Crippen molar-refractivity contribution in [1.82, 2.24) is 5.32 Å². The number of carbonyl (C=O) groups is 1. The molecule has 1 aromatic carbocycles. The quantitative estimate of drug-likeness (QED) is 0.598. The van der Waals surface area contributed by atoms with Crippen molar-refractivity contribution >= 4 is 44.4 Å². The molecular formula is C12H12BrFINO. The van der Waals surface area contributed by atoms with E-state index in [-0.39, 0.29) is 17.3 Å². The molecule has 0 bridgehead atoms. The summed E-state index contributed by atoms with van der Waals surface area (Å²) in [5.41, 5.74) is 0.438. The number of halogens is 3. The smallest absolute Gasteiger partial charge is 0.252 e. The molecule has 2 rings (SSSR count). The zero-order chi connectivity index (χ0) is 12.5. The maximum atomic E-state index is 12.9. The third kappa shape index (κ3) is 2.81. The van der Waals surface area contributed by atoms with Crippen LogP contribution in [0.5, 0.6) is 0 Å². The van der Waals surface area contributed by atoms with E-state index in [1.165, 1.54) is 18.2 Å². The van der Waals surface area contributed by atoms with Gasteiger partial charge in [0.25, 0.3) is 5.91 Å². The highest BCUT2D eigenvalue weighted by atomic mass is 127. The maximum absolute atomic E-state index is 12.9. The first kappa shape index (κ1) is 13.3. The van der Waals surface area contributed by atoms with Crippen LogP contribution in [0.1, 0.15) is 29.6 Å². The fourth-order valence-electron chi connectivity index (χ4n) is 1.88. The number of hydrogen-bond donors (Lipinski definition) is 1. The Morgan fingerprint density at radius 2 is 2.24 bits per heavy atom. The van der Waals surface area contributed by atoms with Crippen molar-refractivity contribution < 1.29 is 9.18 Å². The fourth-order valence-corrected chi connectivity index (χ4v) is 3.30. The molecule has 5 heteroatoms. The summed E-state index contributed by atoms with van der Waals surface area (Å²) in [5, 5.41) is 3.81. The summed E-state index contributed by atoms with van der Waals surface area (Å²) >= 11 is 5.42. The zero-order valence-corrected chi connectivity index (χ0v) is 12.8. The predicted molar refractivity (Wildman–Crippen MR) is 77.0 cm³/mol. The van der Waals surface area contributed by atoms with Gasteiger partial charge in [-0.3, -0.25) is 4.79 Å². The Bertz CT molecular complexity index is 443. The van der Waals surface area contributed by atoms with Crippen molar-refractivity contribution in [2.45, 2.75) is 24.8 Å². The highest BCUT2D eigenvalue weighted by Crippen LogP contribution is 2.33. The molecule has 0 radical (unpaired) electrons. The minimum absolute atomic E-state index is 0.103. The Kier molecular flexibility index (Phi) is 4.07. The van der Waals surface area contributed by atoms with E-state index in [1.807, 2.05) is 22.6 Å². The molecule has 1 aliphatic carbocycles. The molecular weight excluding hydrogens is 400 g/mol. The first-order valence-electron chi connectivity index (χ1n) is 5.40. The van der Waals surface area contributed by atoms with Gasteiger partial charge in [0, 0.05) is 8.90 Å². The minimum Gasteiger partial charge on any atom is -0.346 e. The molecule has 0 unspecified atom stereocenters. The lowest BCUT2D eigenvalue weighted by molar-refractivity contribution is 0.0855. The van der Waals surface area contributed by atoms with Crippen molar-refractivity contribution in [2.24, 2.45) is 0 Å². The van der Waals surface area contributed by atoms with E-state index in [2.05, 4.69) is 21.2 Å². The van der Waals surface area contributed by atoms with Crippen LogP contribution in [-0.2, 0) is 0 Å². The molecule has 1 fully saturated rings. The van der Waals surface area contributed by atoms with Gasteiger partial charge in [-0.05, 0) is 60.1 Å². The molecule has 0 spiro atoms. The van der Waals surface area contributed by atoms with E-state index < -0.39 is 0 Å². The lowest BCUT2D eigenvalue weighted by atomic mass is 9.78. The summed E-state index contributed by atoms with van der Waals surface area (Å²) in [6.45, 7) is 0. The highest BCUT2D eigenvalue weighted by molar-refractivity contribution is 14.1. The molecule has 2 nitrogen and oxygen atoms in total. The van der Waals surface area contributed by atoms with Crippen LogP contribution in [-0.4, -0.2) is 16.8 Å². The summed E-state index contributed by atoms with van der Waals surface area (Å²) in [7, 11) is 0. The number of amides is 1. The fraction of sp³-hybridized carbons (Fsp3) is 0.417. The monoisotopic (exact) mass is 411 g/mol. The van der Waals surface area contributed by atoms with Crippen molar-refractivity contribution in [1.29, 1.82) is 0 Å². The van der Waals surface area contributed by atoms with Crippen LogP contribution in [0.2, 0.25) is 0 Å². The average molecular weight is 412 g/mol. The van der Waals surface area contributed by atoms with E-state index in [0.29, 0.717) is 9.13 Å². The molecule has 17 heavy (non-hydrogen) atoms. The van der Waals surface area contributed by atoms with Crippen molar-refractivity contribution in [2.75, 3.05) is 5.33 Å². The van der Waals surface area contributed by atoms with Crippen LogP contribution < -0.4 is 5.32 Å². The zero-order valence-electron chi connectivity index (χ0n) is 9.10. The lowest BCUT2D eigenvalue weighted by Gasteiger charge is -2.41. The van der Waals surface area contributed by atoms with Gasteiger partial charge in [0.05, 0.1) is 11.1 Å². The van der Waals surface area contributed by atoms with Gasteiger partial charge in [-0.2, -0.15) is 0 Å². The Labute approximate surface area is 122 Å². The molecule has 92 valence electrons. The third-order valence-corrected chi connectivity index (χ3v) is 5.09. The normalized spacial score (nSPS) is 17.4. The molecule has 1 saturated carbocycles. The SMILES string of the molecule is O=C(NC1(CBr)CCC1)c1ccc(F)cc1I. The molecule has 0 heterocycles. The van der Waals surface area contributed by atoms with Crippen molar-refractivity contribution in [3.8, 4) is 0 Å². The molecule has 0 aromatic heterocycles. The van der Waals surface area contributed by atoms with Gasteiger partial charge < -0.3 is 5.32 Å². The van der Waals surface area contributed by atoms with E-state index in [1.54, 1.807) is 0 Å². The van der Waals surface area contributed by atoms with E-state index in [0.717, 1.165) is 24.6 Å². The minimum atomic E-state index is -0.315. The number of benzene rings is 1. The van der Waals surface area contributed by atoms with Crippen LogP contribution in [0.4, 0.5) is 4.39 Å². The van der Waals surface area contributed by atoms with Crippen molar-refractivity contribution in [3.63, 3.8) is 0 Å². The van der Waals surface area contributed by atoms with Crippen molar-refractivity contribution in [3.05, 3.63) is 33.1 Å². The Morgan fingerprint density at radius 1 is 1.53 bits per heavy atom. The lowest BCUT2D eigenvalue weighted by Crippen LogP contribution is -2.55. The largest absolute Gasteiger partial charge is 0.346 e. The van der Waals surface area contributed by atoms with Crippen LogP contribution in [0.25, 0.3) is 0 Å². The molecule has 1 aliphatic rings. The van der Waals surface area contributed by atoms with Gasteiger partial charge in [-0.15, -0.1) is 0 Å². The van der Waals surface area contributed by atoms with Crippen LogP contribution in [0.3, 0.4) is 0 Å². The average Bonchev–Trinajstić information content (AvgIpc) is 2.23. The first-order chi connectivity index (χ1) is 8.06. The molecule has 0 saturated heterocycles. The second-order valence-electron chi connectivity index (χ2n) is 4.35. The number of alkyl halides is 1. The standard InChI is InChI=1S/C12H12BrFINO/c13-7-12(4-1-5-12)16-11(17)9-3-2-8(14)6-10(9)15/h2-3,6H,1,4-5,7H2,(H,16,17). The summed E-state index contributed by atoms with van der Waals surface area (Å²) in [5.74, 6) is -0.432. The molecule has 1 aromatic rings. The molecule has 0 atom stereocenters. The second-order valence-corrected chi connectivity index (χ2v) is 6.07. The predicted octanol–water partition coefficient (Wildman–Crippen LogP) is 3.48. The number of rotatable bonds is 3. The first-order valence-corrected chi connectivity index (χ1v) is 7.60. The van der Waals surface area contributed by atoms with Gasteiger partial charge in [0.15, 0.2) is 0 Å². The topological polar surface area (TPSA) is 29.1 Å². The number of carbonyl (C=O) groups excluding carboxylic acids is 1. The summed E-state index contributed by atoms with van der Waals surface area (Å²) in [6.07, 6.45) is 3.15. The molecule has 0 aliphatic heterocycles. The second kappa shape index (κ2) is 5.22. The number of nitrogens with one attached hydrogen (secondary N) is 1. The Hall–Kier alpha value is -0.170. The Morgan fingerprint density at radius 3 is 2.71 bits per heavy atom. The van der Waals surface area contributed by atoms with Crippen LogP contribution >= 0.6 is 38.5 Å². The number of hydrogen-bond acceptors (Lipinski definition) is 1. The van der Waals surface area contributed by atoms with Gasteiger partial charge in [0.1, 0.15) is 5.82 Å². The molecule has 1 amide bonds. The van der Waals surface area contributed by atoms with Gasteiger partial charge in [-0.25, -0.2) is 4.39 Å². The highest BCUT2D eigenvalue weighted by Gasteiger charge is 2.37. The van der Waals surface area contributed by atoms with Gasteiger partial charge >= 0.3 is 0 Å². The van der Waals surface area contributed by atoms with Gasteiger partial charge in [-0.1, -0.05) is 15.9 Å². The summed E-state index contributed by atoms with van der Waals surface area (Å²) < 4.78 is 13.6. The van der Waals surface area contributed by atoms with E-state index >= 15 is 0 Å². The van der Waals surface area contributed by atoms with E-state index in [4.69, 9.17) is 0 Å². The van der Waals surface area contributed by atoms with Crippen LogP contribution in [0.15, 0.2) is 18.2 Å². The Balaban J connectivity index is 2.14. The summed E-state index contributed by atoms with van der Waals surface area (Å²) in [4.78, 5) is 12.1. The molecule has 1 N–H and O–H groups in total. The van der Waals surface area contributed by atoms with Crippen LogP contribution in [0, 0.1) is 9.39 Å². The third-order valence-electron chi connectivity index (χ3n) is 3.12. The van der Waals surface area contributed by atoms with Gasteiger partial charge in [0.2, 0.25) is 0 Å². The van der Waals surface area contributed by atoms with E-state index in [9.17, 15) is 9.18 Å². The summed E-state index contributed by atoms with van der Waals surface area (Å²) in [6, 6.07) is 4.22. The maximum Gasteiger partial charge on any atom is 0.252 e.